The van der Waals surface area contributed by atoms with Crippen LogP contribution in [-0.2, 0) is 12.6 Å². The zero-order chi connectivity index (χ0) is 10.8. The van der Waals surface area contributed by atoms with E-state index in [0.717, 1.165) is 6.07 Å². The van der Waals surface area contributed by atoms with Gasteiger partial charge in [0, 0.05) is 12.3 Å². The van der Waals surface area contributed by atoms with Crippen LogP contribution in [0.3, 0.4) is 0 Å². The Morgan fingerprint density at radius 1 is 1.29 bits per heavy atom. The molecule has 0 amide bonds. The fourth-order valence-corrected chi connectivity index (χ4v) is 1.20. The molecule has 0 aliphatic heterocycles. The molecule has 1 aromatic carbocycles. The smallest absolute Gasteiger partial charge is 0.398 e. The number of rotatable bonds is 2. The number of nitrogen functional groups attached to an aromatic ring is 1. The van der Waals surface area contributed by atoms with E-state index in [4.69, 9.17) is 10.8 Å². The van der Waals surface area contributed by atoms with Gasteiger partial charge in [-0.15, -0.1) is 0 Å². The molecule has 3 N–H and O–H groups in total. The summed E-state index contributed by atoms with van der Waals surface area (Å²) >= 11 is 0. The predicted molar refractivity (Wildman–Crippen MR) is 46.6 cm³/mol. The van der Waals surface area contributed by atoms with Crippen LogP contribution in [-0.4, -0.2) is 11.7 Å². The van der Waals surface area contributed by atoms with Gasteiger partial charge in [0.2, 0.25) is 0 Å². The first-order valence-electron chi connectivity index (χ1n) is 4.02. The Kier molecular flexibility index (Phi) is 3.00. The van der Waals surface area contributed by atoms with Gasteiger partial charge in [0.15, 0.2) is 0 Å². The minimum absolute atomic E-state index is 0.135. The van der Waals surface area contributed by atoms with Crippen molar-refractivity contribution in [2.24, 2.45) is 0 Å². The summed E-state index contributed by atoms with van der Waals surface area (Å²) in [7, 11) is 0. The van der Waals surface area contributed by atoms with Crippen LogP contribution in [0.1, 0.15) is 11.1 Å². The van der Waals surface area contributed by atoms with Crippen molar-refractivity contribution in [1.82, 2.24) is 0 Å². The van der Waals surface area contributed by atoms with Gasteiger partial charge >= 0.3 is 6.18 Å². The molecule has 1 aromatic rings. The van der Waals surface area contributed by atoms with E-state index in [-0.39, 0.29) is 18.7 Å². The van der Waals surface area contributed by atoms with Crippen LogP contribution in [0, 0.1) is 0 Å². The third kappa shape index (κ3) is 2.17. The van der Waals surface area contributed by atoms with E-state index in [1.165, 1.54) is 12.1 Å². The number of nitrogens with two attached hydrogens (primary N) is 1. The fraction of sp³-hybridized carbons (Fsp3) is 0.333. The molecular formula is C9H10F3NO. The predicted octanol–water partition coefficient (Wildman–Crippen LogP) is 1.82. The maximum absolute atomic E-state index is 12.3. The fourth-order valence-electron chi connectivity index (χ4n) is 1.20. The van der Waals surface area contributed by atoms with Gasteiger partial charge in [-0.05, 0) is 18.1 Å². The van der Waals surface area contributed by atoms with E-state index in [1.54, 1.807) is 0 Å². The normalized spacial score (nSPS) is 11.7. The summed E-state index contributed by atoms with van der Waals surface area (Å²) in [6, 6.07) is 3.68. The summed E-state index contributed by atoms with van der Waals surface area (Å²) in [6.45, 7) is -0.217. The van der Waals surface area contributed by atoms with Gasteiger partial charge in [-0.1, -0.05) is 12.1 Å². The lowest BCUT2D eigenvalue weighted by Gasteiger charge is -2.12. The standard InChI is InChI=1S/C9H10F3NO/c10-9(11,12)7-3-1-2-6(4-5-14)8(7)13/h1-3,14H,4-5,13H2. The first-order valence-corrected chi connectivity index (χ1v) is 4.02. The van der Waals surface area contributed by atoms with Crippen molar-refractivity contribution in [1.29, 1.82) is 0 Å². The van der Waals surface area contributed by atoms with Gasteiger partial charge in [0.05, 0.1) is 5.56 Å². The SMILES string of the molecule is Nc1c(CCO)cccc1C(F)(F)F. The Morgan fingerprint density at radius 2 is 1.93 bits per heavy atom. The first-order chi connectivity index (χ1) is 6.46. The molecule has 0 atom stereocenters. The second kappa shape index (κ2) is 3.88. The van der Waals surface area contributed by atoms with Crippen molar-refractivity contribution in [3.05, 3.63) is 29.3 Å². The molecule has 0 saturated heterocycles. The maximum atomic E-state index is 12.3. The molecule has 0 spiro atoms. The highest BCUT2D eigenvalue weighted by Crippen LogP contribution is 2.34. The number of aliphatic hydroxyl groups is 1. The Hall–Kier alpha value is -1.23. The van der Waals surface area contributed by atoms with Crippen molar-refractivity contribution in [3.63, 3.8) is 0 Å². The van der Waals surface area contributed by atoms with Crippen molar-refractivity contribution in [2.45, 2.75) is 12.6 Å². The molecule has 14 heavy (non-hydrogen) atoms. The minimum atomic E-state index is -4.43. The van der Waals surface area contributed by atoms with Crippen molar-refractivity contribution in [3.8, 4) is 0 Å². The van der Waals surface area contributed by atoms with Crippen LogP contribution in [0.5, 0.6) is 0 Å². The first kappa shape index (κ1) is 10.8. The Balaban J connectivity index is 3.14. The lowest BCUT2D eigenvalue weighted by atomic mass is 10.0. The quantitative estimate of drug-likeness (QED) is 0.723. The molecule has 0 bridgehead atoms. The summed E-state index contributed by atoms with van der Waals surface area (Å²) in [5, 5.41) is 8.60. The molecule has 2 nitrogen and oxygen atoms in total. The lowest BCUT2D eigenvalue weighted by Crippen LogP contribution is -2.11. The van der Waals surface area contributed by atoms with Crippen LogP contribution in [0.25, 0.3) is 0 Å². The number of benzene rings is 1. The van der Waals surface area contributed by atoms with Crippen molar-refractivity contribution in [2.75, 3.05) is 12.3 Å². The number of aliphatic hydroxyl groups excluding tert-OH is 1. The van der Waals surface area contributed by atoms with Gasteiger partial charge < -0.3 is 10.8 Å². The molecule has 1 rings (SSSR count). The topological polar surface area (TPSA) is 46.2 Å². The van der Waals surface area contributed by atoms with Crippen LogP contribution >= 0.6 is 0 Å². The van der Waals surface area contributed by atoms with Crippen molar-refractivity contribution < 1.29 is 18.3 Å². The Morgan fingerprint density at radius 3 is 2.43 bits per heavy atom. The lowest BCUT2D eigenvalue weighted by molar-refractivity contribution is -0.136. The Labute approximate surface area is 79.2 Å². The summed E-state index contributed by atoms with van der Waals surface area (Å²) < 4.78 is 37.0. The monoisotopic (exact) mass is 205 g/mol. The second-order valence-electron chi connectivity index (χ2n) is 2.85. The second-order valence-corrected chi connectivity index (χ2v) is 2.85. The van der Waals surface area contributed by atoms with Crippen LogP contribution < -0.4 is 5.73 Å². The molecule has 0 fully saturated rings. The summed E-state index contributed by atoms with van der Waals surface area (Å²) in [6.07, 6.45) is -4.30. The molecule has 0 radical (unpaired) electrons. The van der Waals surface area contributed by atoms with Crippen LogP contribution in [0.2, 0.25) is 0 Å². The molecule has 0 heterocycles. The number of halogens is 3. The number of para-hydroxylation sites is 1. The number of alkyl halides is 3. The molecule has 78 valence electrons. The molecule has 0 saturated carbocycles. The molecular weight excluding hydrogens is 195 g/mol. The zero-order valence-corrected chi connectivity index (χ0v) is 7.30. The van der Waals surface area contributed by atoms with E-state index in [9.17, 15) is 13.2 Å². The number of hydrogen-bond donors (Lipinski definition) is 2. The van der Waals surface area contributed by atoms with E-state index >= 15 is 0 Å². The average molecular weight is 205 g/mol. The average Bonchev–Trinajstić information content (AvgIpc) is 2.07. The van der Waals surface area contributed by atoms with Gasteiger partial charge in [0.1, 0.15) is 0 Å². The van der Waals surface area contributed by atoms with Gasteiger partial charge in [-0.25, -0.2) is 0 Å². The third-order valence-corrected chi connectivity index (χ3v) is 1.88. The Bertz CT molecular complexity index is 322. The molecule has 0 aliphatic rings. The van der Waals surface area contributed by atoms with Gasteiger partial charge in [-0.3, -0.25) is 0 Å². The summed E-state index contributed by atoms with van der Waals surface area (Å²) in [4.78, 5) is 0. The van der Waals surface area contributed by atoms with E-state index in [0.29, 0.717) is 5.56 Å². The maximum Gasteiger partial charge on any atom is 0.418 e. The van der Waals surface area contributed by atoms with E-state index in [2.05, 4.69) is 0 Å². The molecule has 5 heteroatoms. The van der Waals surface area contributed by atoms with E-state index in [1.807, 2.05) is 0 Å². The van der Waals surface area contributed by atoms with Crippen LogP contribution in [0.15, 0.2) is 18.2 Å². The minimum Gasteiger partial charge on any atom is -0.398 e. The zero-order valence-electron chi connectivity index (χ0n) is 7.30. The summed E-state index contributed by atoms with van der Waals surface area (Å²) in [5.41, 5.74) is 4.50. The van der Waals surface area contributed by atoms with E-state index < -0.39 is 11.7 Å². The van der Waals surface area contributed by atoms with Gasteiger partial charge in [-0.2, -0.15) is 13.2 Å². The highest BCUT2D eigenvalue weighted by molar-refractivity contribution is 5.55. The highest BCUT2D eigenvalue weighted by Gasteiger charge is 2.33. The third-order valence-electron chi connectivity index (χ3n) is 1.88. The molecule has 0 aromatic heterocycles. The highest BCUT2D eigenvalue weighted by atomic mass is 19.4. The summed E-state index contributed by atoms with van der Waals surface area (Å²) in [5.74, 6) is 0. The number of anilines is 1. The molecule has 0 unspecified atom stereocenters. The van der Waals surface area contributed by atoms with Crippen molar-refractivity contribution >= 4 is 5.69 Å². The van der Waals surface area contributed by atoms with Gasteiger partial charge in [0.25, 0.3) is 0 Å². The molecule has 0 aliphatic carbocycles. The largest absolute Gasteiger partial charge is 0.418 e. The van der Waals surface area contributed by atoms with Crippen LogP contribution in [0.4, 0.5) is 18.9 Å². The number of hydrogen-bond acceptors (Lipinski definition) is 2.